The Morgan fingerprint density at radius 3 is 2.30 bits per heavy atom. The topological polar surface area (TPSA) is 3.24 Å². The van der Waals surface area contributed by atoms with E-state index in [1.54, 1.807) is 18.2 Å². The molecule has 0 saturated heterocycles. The van der Waals surface area contributed by atoms with Crippen molar-refractivity contribution in [1.29, 1.82) is 0 Å². The molecule has 0 fully saturated rings. The molecule has 0 amide bonds. The van der Waals surface area contributed by atoms with Gasteiger partial charge in [0.25, 0.3) is 0 Å². The third-order valence-corrected chi connectivity index (χ3v) is 2.09. The van der Waals surface area contributed by atoms with Gasteiger partial charge in [0.15, 0.2) is 0 Å². The summed E-state index contributed by atoms with van der Waals surface area (Å²) in [4.78, 5) is 0. The molecular weight excluding hydrogens is 265 g/mol. The van der Waals surface area contributed by atoms with Crippen LogP contribution in [0.15, 0.2) is 28.7 Å². The molecule has 0 aliphatic rings. The molecule has 4 heteroatoms. The van der Waals surface area contributed by atoms with Gasteiger partial charge in [0, 0.05) is 4.47 Å². The Labute approximate surface area is 75.2 Å². The normalized spacial score (nSPS) is 9.50. The molecule has 10 heavy (non-hydrogen) atoms. The molecule has 0 saturated carbocycles. The van der Waals surface area contributed by atoms with Crippen LogP contribution >= 0.6 is 32.1 Å². The molecule has 0 bridgehead atoms. The van der Waals surface area contributed by atoms with Crippen LogP contribution in [0.5, 0.6) is 0 Å². The van der Waals surface area contributed by atoms with Gasteiger partial charge in [0.1, 0.15) is 0 Å². The van der Waals surface area contributed by atoms with Gasteiger partial charge in [-0.25, -0.2) is 0 Å². The van der Waals surface area contributed by atoms with Crippen molar-refractivity contribution in [2.45, 2.75) is 0 Å². The van der Waals surface area contributed by atoms with Crippen molar-refractivity contribution in [2.75, 3.05) is 4.15 Å². The van der Waals surface area contributed by atoms with Gasteiger partial charge < -0.3 is 0 Å². The largest absolute Gasteiger partial charge is 0.143 e. The maximum atomic E-state index is 12.4. The number of nitrogens with zero attached hydrogens (tertiary/aromatic N) is 1. The van der Waals surface area contributed by atoms with E-state index in [0.29, 0.717) is 9.84 Å². The minimum atomic E-state index is 0.386. The van der Waals surface area contributed by atoms with Crippen LogP contribution in [-0.2, 0) is 0 Å². The Hall–Kier alpha value is -0.0900. The number of anilines is 1. The summed E-state index contributed by atoms with van der Waals surface area (Å²) in [7, 11) is 0. The van der Waals surface area contributed by atoms with Crippen LogP contribution in [0.3, 0.4) is 0 Å². The molecule has 54 valence electrons. The van der Waals surface area contributed by atoms with Gasteiger partial charge in [0.05, 0.1) is 21.8 Å². The number of hydrogen-bond acceptors (Lipinski definition) is 1. The maximum Gasteiger partial charge on any atom is 0.0961 e. The summed E-state index contributed by atoms with van der Waals surface area (Å²) in [6.07, 6.45) is 0. The molecule has 0 spiro atoms. The van der Waals surface area contributed by atoms with Crippen LogP contribution < -0.4 is 4.15 Å². The van der Waals surface area contributed by atoms with Crippen LogP contribution in [0.4, 0.5) is 10.2 Å². The molecule has 0 atom stereocenters. The minimum absolute atomic E-state index is 0.386. The Morgan fingerprint density at radius 1 is 1.30 bits per heavy atom. The molecule has 1 aromatic rings. The number of halogens is 3. The Balaban J connectivity index is 3.03. The van der Waals surface area contributed by atoms with E-state index < -0.39 is 0 Å². The first-order valence-corrected chi connectivity index (χ1v) is 4.08. The second-order valence-corrected chi connectivity index (χ2v) is 3.16. The quantitative estimate of drug-likeness (QED) is 0.706. The lowest BCUT2D eigenvalue weighted by atomic mass is 10.3. The van der Waals surface area contributed by atoms with Crippen LogP contribution in [0.1, 0.15) is 0 Å². The van der Waals surface area contributed by atoms with Crippen molar-refractivity contribution in [3.8, 4) is 0 Å². The average molecular weight is 269 g/mol. The van der Waals surface area contributed by atoms with E-state index in [1.165, 1.54) is 0 Å². The number of para-hydroxylation sites is 1. The molecule has 1 aromatic carbocycles. The SMILES string of the molecule is FN(Br)c1ccccc1Br. The second kappa shape index (κ2) is 3.34. The first-order chi connectivity index (χ1) is 4.72. The Morgan fingerprint density at radius 2 is 1.90 bits per heavy atom. The summed E-state index contributed by atoms with van der Waals surface area (Å²) in [6, 6.07) is 7.00. The van der Waals surface area contributed by atoms with Crippen LogP contribution in [0.25, 0.3) is 0 Å². The second-order valence-electron chi connectivity index (χ2n) is 1.68. The van der Waals surface area contributed by atoms with Crippen molar-refractivity contribution in [1.82, 2.24) is 0 Å². The van der Waals surface area contributed by atoms with Gasteiger partial charge in [-0.2, -0.15) is 0 Å². The highest BCUT2D eigenvalue weighted by molar-refractivity contribution is 9.11. The fourth-order valence-electron chi connectivity index (χ4n) is 0.589. The summed E-state index contributed by atoms with van der Waals surface area (Å²) < 4.78 is 13.5. The lowest BCUT2D eigenvalue weighted by Gasteiger charge is -2.04. The highest BCUT2D eigenvalue weighted by atomic mass is 79.9. The zero-order valence-electron chi connectivity index (χ0n) is 4.89. The van der Waals surface area contributed by atoms with E-state index in [2.05, 4.69) is 32.1 Å². The Bertz CT molecular complexity index is 227. The molecule has 0 radical (unpaired) electrons. The number of hydrogen-bond donors (Lipinski definition) is 0. The fraction of sp³-hybridized carbons (Fsp3) is 0. The molecule has 0 aromatic heterocycles. The maximum absolute atomic E-state index is 12.4. The van der Waals surface area contributed by atoms with E-state index in [-0.39, 0.29) is 0 Å². The summed E-state index contributed by atoms with van der Waals surface area (Å²) in [5, 5.41) is 0. The average Bonchev–Trinajstić information content (AvgIpc) is 1.88. The molecule has 0 heterocycles. The lowest BCUT2D eigenvalue weighted by Crippen LogP contribution is -1.92. The van der Waals surface area contributed by atoms with Gasteiger partial charge in [-0.3, -0.25) is 0 Å². The fourth-order valence-corrected chi connectivity index (χ4v) is 1.58. The van der Waals surface area contributed by atoms with Crippen molar-refractivity contribution in [3.63, 3.8) is 0 Å². The van der Waals surface area contributed by atoms with Crippen LogP contribution in [-0.4, -0.2) is 0 Å². The molecule has 0 N–H and O–H groups in total. The highest BCUT2D eigenvalue weighted by Gasteiger charge is 2.02. The van der Waals surface area contributed by atoms with Gasteiger partial charge in [-0.05, 0) is 28.1 Å². The first-order valence-electron chi connectivity index (χ1n) is 2.58. The molecular formula is C6H4Br2FN. The van der Waals surface area contributed by atoms with E-state index in [4.69, 9.17) is 0 Å². The summed E-state index contributed by atoms with van der Waals surface area (Å²) in [5.41, 5.74) is 0.461. The molecule has 0 aliphatic heterocycles. The third-order valence-electron chi connectivity index (χ3n) is 1.03. The van der Waals surface area contributed by atoms with Crippen LogP contribution in [0.2, 0.25) is 0 Å². The van der Waals surface area contributed by atoms with E-state index >= 15 is 0 Å². The standard InChI is InChI=1S/C6H4Br2FN/c7-5-3-1-2-4-6(5)10(8)9/h1-4H. The van der Waals surface area contributed by atoms with Crippen molar-refractivity contribution < 1.29 is 4.48 Å². The van der Waals surface area contributed by atoms with Gasteiger partial charge in [-0.15, -0.1) is 4.15 Å². The van der Waals surface area contributed by atoms with E-state index in [1.807, 2.05) is 6.07 Å². The lowest BCUT2D eigenvalue weighted by molar-refractivity contribution is 0.555. The van der Waals surface area contributed by atoms with E-state index in [0.717, 1.165) is 4.47 Å². The highest BCUT2D eigenvalue weighted by Crippen LogP contribution is 2.27. The molecule has 1 nitrogen and oxygen atoms in total. The molecule has 0 unspecified atom stereocenters. The van der Waals surface area contributed by atoms with Crippen LogP contribution in [0, 0.1) is 0 Å². The van der Waals surface area contributed by atoms with Crippen molar-refractivity contribution in [2.24, 2.45) is 0 Å². The predicted molar refractivity (Wildman–Crippen MR) is 46.7 cm³/mol. The Kier molecular flexibility index (Phi) is 2.68. The number of rotatable bonds is 1. The van der Waals surface area contributed by atoms with E-state index in [9.17, 15) is 4.48 Å². The predicted octanol–water partition coefficient (Wildman–Crippen LogP) is 3.45. The summed E-state index contributed by atoms with van der Waals surface area (Å²) in [6.45, 7) is 0. The number of benzene rings is 1. The summed E-state index contributed by atoms with van der Waals surface area (Å²) in [5.74, 6) is 0. The smallest absolute Gasteiger partial charge is 0.0961 e. The zero-order valence-corrected chi connectivity index (χ0v) is 8.06. The minimum Gasteiger partial charge on any atom is -0.143 e. The van der Waals surface area contributed by atoms with Gasteiger partial charge >= 0.3 is 0 Å². The monoisotopic (exact) mass is 267 g/mol. The van der Waals surface area contributed by atoms with Crippen molar-refractivity contribution >= 4 is 37.8 Å². The molecule has 1 rings (SSSR count). The summed E-state index contributed by atoms with van der Waals surface area (Å²) >= 11 is 5.86. The zero-order chi connectivity index (χ0) is 7.56. The first kappa shape index (κ1) is 8.01. The molecule has 0 aliphatic carbocycles. The van der Waals surface area contributed by atoms with Gasteiger partial charge in [-0.1, -0.05) is 16.6 Å². The third kappa shape index (κ3) is 1.70. The van der Waals surface area contributed by atoms with Gasteiger partial charge in [0.2, 0.25) is 0 Å². The van der Waals surface area contributed by atoms with Crippen molar-refractivity contribution in [3.05, 3.63) is 28.7 Å².